The van der Waals surface area contributed by atoms with Crippen LogP contribution in [-0.2, 0) is 4.57 Å². The second-order valence-corrected chi connectivity index (χ2v) is 12.3. The van der Waals surface area contributed by atoms with Crippen LogP contribution >= 0.6 is 7.60 Å². The molecule has 1 unspecified atom stereocenters. The monoisotopic (exact) mass is 474 g/mol. The number of nitrogens with zero attached hydrogens (tertiary/aromatic N) is 1. The second kappa shape index (κ2) is 18.0. The molecule has 0 heterocycles. The fourth-order valence-electron chi connectivity index (χ4n) is 3.96. The summed E-state index contributed by atoms with van der Waals surface area (Å²) < 4.78 is 12.1. The fraction of sp³-hybridized carbons (Fsp3) is 0.846. The van der Waals surface area contributed by atoms with Crippen molar-refractivity contribution in [1.29, 1.82) is 0 Å². The first-order chi connectivity index (χ1) is 15.0. The van der Waals surface area contributed by atoms with Gasteiger partial charge in [-0.15, -0.1) is 0 Å². The van der Waals surface area contributed by atoms with Crippen LogP contribution in [0.1, 0.15) is 110 Å². The lowest BCUT2D eigenvalue weighted by Gasteiger charge is -2.35. The van der Waals surface area contributed by atoms with E-state index in [9.17, 15) is 19.5 Å². The average molecular weight is 475 g/mol. The number of rotatable bonds is 21. The number of likely N-dealkylation sites (N-methyl/N-ethyl adjacent to an activating group) is 1. The number of hydrogen-bond donors (Lipinski definition) is 3. The first-order valence-electron chi connectivity index (χ1n) is 12.9. The summed E-state index contributed by atoms with van der Waals surface area (Å²) in [6.45, 7) is 2.30. The van der Waals surface area contributed by atoms with Gasteiger partial charge in [-0.25, -0.2) is 0 Å². The Labute approximate surface area is 198 Å². The van der Waals surface area contributed by atoms with Crippen molar-refractivity contribution in [3.63, 3.8) is 0 Å². The summed E-state index contributed by atoms with van der Waals surface area (Å²) in [5.74, 6) is 0. The number of allylic oxidation sites excluding steroid dienone is 4. The van der Waals surface area contributed by atoms with Gasteiger partial charge in [0, 0.05) is 0 Å². The summed E-state index contributed by atoms with van der Waals surface area (Å²) in [5.41, 5.74) is 0. The Morgan fingerprint density at radius 2 is 1.06 bits per heavy atom. The molecule has 0 radical (unpaired) electrons. The minimum absolute atomic E-state index is 0.0436. The van der Waals surface area contributed by atoms with Gasteiger partial charge >= 0.3 is 7.60 Å². The molecule has 0 saturated heterocycles. The molecule has 0 rings (SSSR count). The summed E-state index contributed by atoms with van der Waals surface area (Å²) in [6.07, 6.45) is 27.0. The normalized spacial score (nSPS) is 15.1. The molecule has 0 saturated carbocycles. The molecule has 1 atom stereocenters. The van der Waals surface area contributed by atoms with Gasteiger partial charge in [0.15, 0.2) is 0 Å². The van der Waals surface area contributed by atoms with Crippen LogP contribution in [-0.4, -0.2) is 52.4 Å². The number of unbranched alkanes of at least 4 members (excludes halogenated alkanes) is 12. The SMILES string of the molecule is CCCCCCC/C=C\CCCCCC/C=C\CCCCC(O)(C[N+](C)(C)C)P(=O)(O)O. The molecule has 32 heavy (non-hydrogen) atoms. The minimum atomic E-state index is -4.56. The third-order valence-electron chi connectivity index (χ3n) is 5.77. The van der Waals surface area contributed by atoms with Crippen molar-refractivity contribution >= 4 is 7.60 Å². The van der Waals surface area contributed by atoms with E-state index in [-0.39, 0.29) is 13.0 Å². The van der Waals surface area contributed by atoms with Crippen molar-refractivity contribution in [2.45, 2.75) is 115 Å². The standard InChI is InChI=1S/C26H52NO4P/c1-5-6-7-8-9-10-11-12-13-14-15-16-17-18-19-20-21-22-23-24-26(28,32(29,30)31)25-27(2,3)4/h11-12,19-20,28H,5-10,13-18,21-25H2,1-4H3,(H-,29,30,31)/p+1/b12-11-,20-19-. The van der Waals surface area contributed by atoms with Gasteiger partial charge in [0.1, 0.15) is 6.54 Å². The van der Waals surface area contributed by atoms with E-state index >= 15 is 0 Å². The van der Waals surface area contributed by atoms with E-state index in [2.05, 4.69) is 31.2 Å². The van der Waals surface area contributed by atoms with Gasteiger partial charge in [0.25, 0.3) is 0 Å². The largest absolute Gasteiger partial charge is 0.373 e. The van der Waals surface area contributed by atoms with E-state index in [1.54, 1.807) is 0 Å². The summed E-state index contributed by atoms with van der Waals surface area (Å²) in [5, 5.41) is 8.59. The van der Waals surface area contributed by atoms with E-state index < -0.39 is 12.9 Å². The number of aliphatic hydroxyl groups is 1. The van der Waals surface area contributed by atoms with E-state index in [0.717, 1.165) is 19.3 Å². The maximum absolute atomic E-state index is 11.8. The lowest BCUT2D eigenvalue weighted by molar-refractivity contribution is -0.875. The van der Waals surface area contributed by atoms with Gasteiger partial charge in [-0.05, 0) is 64.2 Å². The van der Waals surface area contributed by atoms with E-state index in [4.69, 9.17) is 0 Å². The number of quaternary nitrogens is 1. The van der Waals surface area contributed by atoms with Crippen molar-refractivity contribution < 1.29 is 23.9 Å². The average Bonchev–Trinajstić information content (AvgIpc) is 2.67. The maximum atomic E-state index is 11.8. The predicted molar refractivity (Wildman–Crippen MR) is 138 cm³/mol. The second-order valence-electron chi connectivity index (χ2n) is 10.4. The fourth-order valence-corrected chi connectivity index (χ4v) is 5.02. The van der Waals surface area contributed by atoms with Crippen LogP contribution in [0.2, 0.25) is 0 Å². The lowest BCUT2D eigenvalue weighted by atomic mass is 10.1. The van der Waals surface area contributed by atoms with Gasteiger partial charge in [0.05, 0.1) is 21.1 Å². The first kappa shape index (κ1) is 31.6. The van der Waals surface area contributed by atoms with Crippen molar-refractivity contribution in [2.75, 3.05) is 27.7 Å². The molecule has 3 N–H and O–H groups in total. The summed E-state index contributed by atoms with van der Waals surface area (Å²) in [4.78, 5) is 19.2. The Balaban J connectivity index is 3.70. The zero-order valence-electron chi connectivity index (χ0n) is 21.5. The molecule has 0 aliphatic carbocycles. The Bertz CT molecular complexity index is 551. The highest BCUT2D eigenvalue weighted by Gasteiger charge is 2.48. The predicted octanol–water partition coefficient (Wildman–Crippen LogP) is 6.93. The molecule has 0 aromatic carbocycles. The zero-order valence-corrected chi connectivity index (χ0v) is 22.4. The van der Waals surface area contributed by atoms with Gasteiger partial charge in [-0.1, -0.05) is 69.8 Å². The molecular weight excluding hydrogens is 421 g/mol. The van der Waals surface area contributed by atoms with Gasteiger partial charge in [-0.3, -0.25) is 4.57 Å². The molecule has 190 valence electrons. The Kier molecular flexibility index (Phi) is 17.7. The van der Waals surface area contributed by atoms with Crippen LogP contribution in [0.25, 0.3) is 0 Å². The molecular formula is C26H53NO4P+. The van der Waals surface area contributed by atoms with E-state index in [0.29, 0.717) is 10.9 Å². The molecule has 5 nitrogen and oxygen atoms in total. The molecule has 0 bridgehead atoms. The van der Waals surface area contributed by atoms with Crippen molar-refractivity contribution in [1.82, 2.24) is 0 Å². The molecule has 0 fully saturated rings. The molecule has 0 aromatic rings. The smallest absolute Gasteiger partial charge is 0.362 e. The van der Waals surface area contributed by atoms with Crippen molar-refractivity contribution in [2.24, 2.45) is 0 Å². The summed E-state index contributed by atoms with van der Waals surface area (Å²) in [7, 11) is 0.929. The number of hydrogen-bond acceptors (Lipinski definition) is 2. The van der Waals surface area contributed by atoms with Crippen LogP contribution in [0.4, 0.5) is 0 Å². The maximum Gasteiger partial charge on any atom is 0.362 e. The van der Waals surface area contributed by atoms with E-state index in [1.807, 2.05) is 21.1 Å². The Hall–Kier alpha value is -0.450. The summed E-state index contributed by atoms with van der Waals surface area (Å²) >= 11 is 0. The minimum Gasteiger partial charge on any atom is -0.373 e. The lowest BCUT2D eigenvalue weighted by Crippen LogP contribution is -2.49. The Morgan fingerprint density at radius 1 is 0.688 bits per heavy atom. The third-order valence-corrected chi connectivity index (χ3v) is 7.22. The molecule has 0 spiro atoms. The molecule has 0 aliphatic rings. The molecule has 6 heteroatoms. The van der Waals surface area contributed by atoms with Crippen LogP contribution in [0, 0.1) is 0 Å². The first-order valence-corrected chi connectivity index (χ1v) is 14.5. The van der Waals surface area contributed by atoms with Gasteiger partial charge in [-0.2, -0.15) is 0 Å². The van der Waals surface area contributed by atoms with E-state index in [1.165, 1.54) is 70.6 Å². The highest BCUT2D eigenvalue weighted by atomic mass is 31.2. The quantitative estimate of drug-likeness (QED) is 0.0729. The molecule has 0 aromatic heterocycles. The topological polar surface area (TPSA) is 77.8 Å². The molecule has 0 amide bonds. The van der Waals surface area contributed by atoms with Crippen molar-refractivity contribution in [3.8, 4) is 0 Å². The van der Waals surface area contributed by atoms with Crippen LogP contribution in [0.5, 0.6) is 0 Å². The van der Waals surface area contributed by atoms with Gasteiger partial charge in [0.2, 0.25) is 5.34 Å². The van der Waals surface area contributed by atoms with Crippen LogP contribution < -0.4 is 0 Å². The third kappa shape index (κ3) is 18.0. The zero-order chi connectivity index (χ0) is 24.3. The van der Waals surface area contributed by atoms with Crippen LogP contribution in [0.3, 0.4) is 0 Å². The van der Waals surface area contributed by atoms with Gasteiger partial charge < -0.3 is 19.4 Å². The highest BCUT2D eigenvalue weighted by Crippen LogP contribution is 2.52. The molecule has 0 aliphatic heterocycles. The summed E-state index contributed by atoms with van der Waals surface area (Å²) in [6, 6.07) is 0. The van der Waals surface area contributed by atoms with Crippen molar-refractivity contribution in [3.05, 3.63) is 24.3 Å². The Morgan fingerprint density at radius 3 is 1.41 bits per heavy atom. The highest BCUT2D eigenvalue weighted by molar-refractivity contribution is 7.53. The van der Waals surface area contributed by atoms with Crippen LogP contribution in [0.15, 0.2) is 24.3 Å².